The van der Waals surface area contributed by atoms with Gasteiger partial charge in [-0.25, -0.2) is 0 Å². The lowest BCUT2D eigenvalue weighted by atomic mass is 10.1. The maximum absolute atomic E-state index is 6.48. The van der Waals surface area contributed by atoms with Crippen molar-refractivity contribution in [1.29, 1.82) is 0 Å². The van der Waals surface area contributed by atoms with Crippen molar-refractivity contribution in [3.8, 4) is 0 Å². The third kappa shape index (κ3) is 10.3. The molecular weight excluding hydrogens is 300 g/mol. The zero-order valence-corrected chi connectivity index (χ0v) is 17.6. The summed E-state index contributed by atoms with van der Waals surface area (Å²) in [7, 11) is -5.22. The molecule has 0 amide bonds. The van der Waals surface area contributed by atoms with Crippen molar-refractivity contribution in [1.82, 2.24) is 0 Å². The van der Waals surface area contributed by atoms with Crippen molar-refractivity contribution in [3.05, 3.63) is 0 Å². The van der Waals surface area contributed by atoms with Crippen LogP contribution >= 0.6 is 0 Å². The summed E-state index contributed by atoms with van der Waals surface area (Å²) in [6, 6.07) is 1.05. The fourth-order valence-corrected chi connectivity index (χ4v) is 15.0. The normalized spacial score (nSPS) is 14.1. The van der Waals surface area contributed by atoms with Crippen LogP contribution in [-0.4, -0.2) is 38.3 Å². The molecule has 0 aromatic rings. The molecule has 0 atom stereocenters. The van der Waals surface area contributed by atoms with Crippen LogP contribution < -0.4 is 11.5 Å². The Hall–Kier alpha value is 0.491. The highest BCUT2D eigenvalue weighted by Crippen LogP contribution is 2.26. The lowest BCUT2D eigenvalue weighted by molar-refractivity contribution is 0.376. The zero-order valence-electron chi connectivity index (χ0n) is 14.6. The molecule has 122 valence electrons. The molecule has 0 aliphatic carbocycles. The van der Waals surface area contributed by atoms with E-state index in [4.69, 9.17) is 19.7 Å². The Bertz CT molecular complexity index is 258. The summed E-state index contributed by atoms with van der Waals surface area (Å²) in [5.41, 5.74) is 11.4. The summed E-state index contributed by atoms with van der Waals surface area (Å²) in [5.74, 6) is 0.437. The maximum Gasteiger partial charge on any atom is 0.314 e. The van der Waals surface area contributed by atoms with Gasteiger partial charge < -0.3 is 19.7 Å². The van der Waals surface area contributed by atoms with Gasteiger partial charge in [-0.05, 0) is 77.3 Å². The van der Waals surface area contributed by atoms with Gasteiger partial charge in [-0.1, -0.05) is 6.42 Å². The average molecular weight is 337 g/mol. The van der Waals surface area contributed by atoms with Gasteiger partial charge in [0.25, 0.3) is 0 Å². The minimum atomic E-state index is -2.07. The van der Waals surface area contributed by atoms with Crippen molar-refractivity contribution in [2.45, 2.75) is 64.7 Å². The van der Waals surface area contributed by atoms with E-state index in [0.717, 1.165) is 18.9 Å². The maximum atomic E-state index is 6.48. The molecule has 0 heterocycles. The molecule has 0 aromatic heterocycles. The van der Waals surface area contributed by atoms with E-state index >= 15 is 0 Å². The highest BCUT2D eigenvalue weighted by molar-refractivity contribution is 6.87. The fourth-order valence-electron chi connectivity index (χ4n) is 2.46. The van der Waals surface area contributed by atoms with E-state index in [1.807, 2.05) is 0 Å². The van der Waals surface area contributed by atoms with E-state index in [1.54, 1.807) is 0 Å². The second-order valence-electron chi connectivity index (χ2n) is 7.79. The Morgan fingerprint density at radius 2 is 1.20 bits per heavy atom. The van der Waals surface area contributed by atoms with E-state index in [1.165, 1.54) is 0 Å². The first-order valence-corrected chi connectivity index (χ1v) is 17.1. The van der Waals surface area contributed by atoms with Crippen LogP contribution in [0.2, 0.25) is 51.9 Å². The molecule has 0 fully saturated rings. The molecule has 0 rings (SSSR count). The van der Waals surface area contributed by atoms with Crippen LogP contribution in [0.15, 0.2) is 0 Å². The molecule has 0 aliphatic rings. The molecule has 0 unspecified atom stereocenters. The number of hydrogen-bond donors (Lipinski definition) is 2. The highest BCUT2D eigenvalue weighted by Gasteiger charge is 2.39. The molecule has 0 saturated heterocycles. The SMILES string of the molecule is C[Si](C)(C)O[Si](C)(CCCC(CN)CN)O[Si](C)(C)C. The Morgan fingerprint density at radius 3 is 1.50 bits per heavy atom. The van der Waals surface area contributed by atoms with Gasteiger partial charge in [0.2, 0.25) is 0 Å². The molecule has 0 spiro atoms. The van der Waals surface area contributed by atoms with Crippen LogP contribution in [0.5, 0.6) is 0 Å². The van der Waals surface area contributed by atoms with E-state index < -0.39 is 25.2 Å². The number of nitrogens with two attached hydrogens (primary N) is 2. The summed E-state index contributed by atoms with van der Waals surface area (Å²) in [5, 5.41) is 0. The molecule has 0 aromatic carbocycles. The highest BCUT2D eigenvalue weighted by atomic mass is 28.5. The van der Waals surface area contributed by atoms with Crippen LogP contribution in [0.3, 0.4) is 0 Å². The first kappa shape index (κ1) is 20.5. The molecule has 4 nitrogen and oxygen atoms in total. The Labute approximate surface area is 129 Å². The molecule has 0 saturated carbocycles. The number of rotatable bonds is 10. The van der Waals surface area contributed by atoms with Crippen LogP contribution in [0.1, 0.15) is 12.8 Å². The van der Waals surface area contributed by atoms with Gasteiger partial charge in [0.15, 0.2) is 16.6 Å². The molecule has 7 heteroatoms. The lowest BCUT2D eigenvalue weighted by Gasteiger charge is -2.38. The predicted molar refractivity (Wildman–Crippen MR) is 96.1 cm³/mol. The predicted octanol–water partition coefficient (Wildman–Crippen LogP) is 3.08. The Morgan fingerprint density at radius 1 is 0.800 bits per heavy atom. The first-order valence-electron chi connectivity index (χ1n) is 7.71. The summed E-state index contributed by atoms with van der Waals surface area (Å²) < 4.78 is 13.0. The quantitative estimate of drug-likeness (QED) is 0.601. The summed E-state index contributed by atoms with van der Waals surface area (Å²) in [4.78, 5) is 0. The van der Waals surface area contributed by atoms with Crippen molar-refractivity contribution in [2.24, 2.45) is 17.4 Å². The van der Waals surface area contributed by atoms with Gasteiger partial charge in [0.1, 0.15) is 0 Å². The monoisotopic (exact) mass is 336 g/mol. The third-order valence-electron chi connectivity index (χ3n) is 2.95. The van der Waals surface area contributed by atoms with Gasteiger partial charge in [0, 0.05) is 0 Å². The minimum Gasteiger partial charge on any atom is -0.437 e. The van der Waals surface area contributed by atoms with Crippen LogP contribution in [-0.2, 0) is 8.23 Å². The molecular formula is C13H36N2O2Si3. The second-order valence-corrected chi connectivity index (χ2v) is 20.6. The fraction of sp³-hybridized carbons (Fsp3) is 1.00. The van der Waals surface area contributed by atoms with Crippen molar-refractivity contribution in [3.63, 3.8) is 0 Å². The Kier molecular flexibility index (Phi) is 8.41. The smallest absolute Gasteiger partial charge is 0.314 e. The van der Waals surface area contributed by atoms with Gasteiger partial charge in [-0.3, -0.25) is 0 Å². The van der Waals surface area contributed by atoms with Crippen LogP contribution in [0, 0.1) is 5.92 Å². The van der Waals surface area contributed by atoms with Gasteiger partial charge >= 0.3 is 8.56 Å². The second kappa shape index (κ2) is 8.21. The summed E-state index contributed by atoms with van der Waals surface area (Å²) >= 11 is 0. The topological polar surface area (TPSA) is 70.5 Å². The largest absolute Gasteiger partial charge is 0.437 e. The van der Waals surface area contributed by atoms with Crippen LogP contribution in [0.4, 0.5) is 0 Å². The molecule has 0 bridgehead atoms. The van der Waals surface area contributed by atoms with Crippen molar-refractivity contribution in [2.75, 3.05) is 13.1 Å². The van der Waals surface area contributed by atoms with E-state index in [9.17, 15) is 0 Å². The van der Waals surface area contributed by atoms with Gasteiger partial charge in [-0.15, -0.1) is 0 Å². The molecule has 4 N–H and O–H groups in total. The first-order chi connectivity index (χ1) is 8.91. The summed E-state index contributed by atoms with van der Waals surface area (Å²) in [6.45, 7) is 17.1. The lowest BCUT2D eigenvalue weighted by Crippen LogP contribution is -2.52. The molecule has 0 radical (unpaired) electrons. The van der Waals surface area contributed by atoms with E-state index in [2.05, 4.69) is 45.8 Å². The van der Waals surface area contributed by atoms with Gasteiger partial charge in [0.05, 0.1) is 0 Å². The molecule has 20 heavy (non-hydrogen) atoms. The van der Waals surface area contributed by atoms with Gasteiger partial charge in [-0.2, -0.15) is 0 Å². The average Bonchev–Trinajstić information content (AvgIpc) is 2.18. The number of hydrogen-bond acceptors (Lipinski definition) is 4. The third-order valence-corrected chi connectivity index (χ3v) is 12.6. The minimum absolute atomic E-state index is 0.437. The Balaban J connectivity index is 4.61. The molecule has 0 aliphatic heterocycles. The van der Waals surface area contributed by atoms with Crippen LogP contribution in [0.25, 0.3) is 0 Å². The van der Waals surface area contributed by atoms with E-state index in [-0.39, 0.29) is 0 Å². The summed E-state index contributed by atoms with van der Waals surface area (Å²) in [6.07, 6.45) is 2.19. The van der Waals surface area contributed by atoms with E-state index in [0.29, 0.717) is 19.0 Å². The standard InChI is InChI=1S/C13H36N2O2Si3/c1-18(2,3)16-20(7,17-19(4,5)6)10-8-9-13(11-14)12-15/h13H,8-12,14-15H2,1-7H3. The van der Waals surface area contributed by atoms with Crippen molar-refractivity contribution >= 4 is 25.2 Å². The van der Waals surface area contributed by atoms with Crippen molar-refractivity contribution < 1.29 is 8.23 Å². The zero-order chi connectivity index (χ0) is 16.0.